The number of nitrogens with one attached hydrogen (secondary N) is 2. The fraction of sp³-hybridized carbons (Fsp3) is 0.923. The maximum absolute atomic E-state index is 13.1. The van der Waals surface area contributed by atoms with Crippen molar-refractivity contribution in [3.63, 3.8) is 0 Å². The second-order valence-electron chi connectivity index (χ2n) is 22.7. The van der Waals surface area contributed by atoms with Crippen molar-refractivity contribution in [2.75, 3.05) is 58.6 Å². The summed E-state index contributed by atoms with van der Waals surface area (Å²) in [5, 5.41) is 222. The molecular weight excluding hydrogens is 1260 g/mol. The number of Topliss-reactive ketones (excluding diaryl/α,β-unsaturated/α-hetero) is 1. The molecule has 0 bridgehead atoms. The maximum Gasteiger partial charge on any atom is 0.364 e. The lowest BCUT2D eigenvalue weighted by Gasteiger charge is -2.51. The van der Waals surface area contributed by atoms with E-state index in [4.69, 9.17) is 56.8 Å². The Morgan fingerprint density at radius 2 is 0.989 bits per heavy atom. The van der Waals surface area contributed by atoms with Gasteiger partial charge in [-0.2, -0.15) is 12.6 Å². The van der Waals surface area contributed by atoms with E-state index in [9.17, 15) is 121 Å². The standard InChI is InChI=1S/C52H88N2O36S/c1-18(62)53-29-41(86-50-39(76)45(34(71)25(15-59)83-50)90-52(51(77)78)10-20(64)28(54-27(66)17-61)42(89-52)30(67)21(65)11-55)31(68)22(12-56)80-46(29)87-44-33(70)24(14-58)82-49(38(44)75)85-40-26(16-60)84-48(36(73)35(40)72)88-43-32(69)23(13-57)81-47(37(43)74)79-8-5-3-2-4-6-19(63)7-9-91/h20-26,28-50,55-61,64-65,67-76,91H,2-17H2,1H3,(H,53,62)(H,54,66)(H,77,78)/t20?,21-,22?,23?,24?,25?,26?,28-,29?,30-,31+,32+,33+,34+,35-,36?,37?,38?,39?,40+,41-,42?,43+,44+,45+,46+,47-,48+,49-,50+,52+/m1/s1. The number of ketones is 1. The number of carboxylic acids is 1. The summed E-state index contributed by atoms with van der Waals surface area (Å²) in [6, 6.07) is -3.79. The summed E-state index contributed by atoms with van der Waals surface area (Å²) < 4.78 is 69.1. The minimum atomic E-state index is -3.30. The van der Waals surface area contributed by atoms with E-state index in [0.29, 0.717) is 44.3 Å². The summed E-state index contributed by atoms with van der Waals surface area (Å²) >= 11 is 4.05. The monoisotopic (exact) mass is 1350 g/mol. The van der Waals surface area contributed by atoms with E-state index in [2.05, 4.69) is 23.3 Å². The van der Waals surface area contributed by atoms with Gasteiger partial charge >= 0.3 is 5.97 Å². The molecule has 0 radical (unpaired) electrons. The van der Waals surface area contributed by atoms with Crippen LogP contribution in [0.4, 0.5) is 0 Å². The number of amides is 2. The number of unbranched alkanes of at least 4 members (excludes halogenated alkanes) is 3. The highest BCUT2D eigenvalue weighted by atomic mass is 32.1. The van der Waals surface area contributed by atoms with Crippen LogP contribution in [-0.2, 0) is 76.0 Å². The highest BCUT2D eigenvalue weighted by Crippen LogP contribution is 2.40. The van der Waals surface area contributed by atoms with Crippen LogP contribution in [0.3, 0.4) is 0 Å². The molecule has 0 aliphatic carbocycles. The lowest BCUT2D eigenvalue weighted by molar-refractivity contribution is -0.393. The Morgan fingerprint density at radius 3 is 1.52 bits per heavy atom. The summed E-state index contributed by atoms with van der Waals surface area (Å²) in [6.07, 6.45) is -55.6. The predicted octanol–water partition coefficient (Wildman–Crippen LogP) is -12.8. The van der Waals surface area contributed by atoms with Crippen molar-refractivity contribution in [2.45, 2.75) is 242 Å². The molecule has 6 fully saturated rings. The number of hydrogen-bond donors (Lipinski definition) is 23. The van der Waals surface area contributed by atoms with Crippen molar-refractivity contribution in [3.05, 3.63) is 0 Å². The molecule has 91 heavy (non-hydrogen) atoms. The molecule has 0 spiro atoms. The quantitative estimate of drug-likeness (QED) is 0.0220. The average molecular weight is 1350 g/mol. The molecule has 0 aromatic carbocycles. The van der Waals surface area contributed by atoms with E-state index in [1.807, 2.05) is 0 Å². The Morgan fingerprint density at radius 1 is 0.527 bits per heavy atom. The van der Waals surface area contributed by atoms with Crippen LogP contribution in [0.2, 0.25) is 0 Å². The van der Waals surface area contributed by atoms with Gasteiger partial charge in [-0.25, -0.2) is 4.79 Å². The molecule has 39 heteroatoms. The zero-order valence-corrected chi connectivity index (χ0v) is 50.0. The number of rotatable bonds is 32. The van der Waals surface area contributed by atoms with Gasteiger partial charge in [0.1, 0.15) is 153 Å². The van der Waals surface area contributed by atoms with Gasteiger partial charge in [0, 0.05) is 32.8 Å². The average Bonchev–Trinajstić information content (AvgIpc) is 0.794. The molecule has 6 heterocycles. The SMILES string of the molecule is CC(=O)NC1[C@H](O[C@@H]2C(O)[C@@H](O[C@H]3C(CO)O[C@@H](O[C@@H]4C(O)[C@H](OCCCCCCC(=O)CCS)OC(CO)[C@@H]4O)C(O)[C@H]3O)OC(CO)[C@@H]2O)OC(CO)[C@H](O)[C@@H]1O[C@@H]1OC(CO)[C@H](O)[C@H](O[C@]2(C(=O)O)CC(O)[C@@H](NC(=O)CO)C([C@H](O)[C@H](O)CO)O2)C1O. The van der Waals surface area contributed by atoms with Crippen molar-refractivity contribution in [1.29, 1.82) is 0 Å². The first-order chi connectivity index (χ1) is 43.2. The molecule has 0 saturated carbocycles. The zero-order chi connectivity index (χ0) is 67.3. The van der Waals surface area contributed by atoms with Crippen LogP contribution in [0.15, 0.2) is 0 Å². The molecule has 528 valence electrons. The first-order valence-electron chi connectivity index (χ1n) is 29.4. The number of ether oxygens (including phenoxy) is 12. The van der Waals surface area contributed by atoms with Gasteiger partial charge in [0.15, 0.2) is 31.5 Å². The van der Waals surface area contributed by atoms with Crippen LogP contribution in [-0.4, -0.2) is 374 Å². The third-order valence-corrected chi connectivity index (χ3v) is 16.5. The largest absolute Gasteiger partial charge is 0.477 e. The number of carbonyl (C=O) groups excluding carboxylic acids is 3. The number of carboxylic acid groups (broad SMARTS) is 1. The van der Waals surface area contributed by atoms with Gasteiger partial charge in [0.25, 0.3) is 5.79 Å². The molecule has 6 aliphatic rings. The number of aliphatic hydroxyl groups excluding tert-OH is 19. The second kappa shape index (κ2) is 35.4. The summed E-state index contributed by atoms with van der Waals surface area (Å²) in [5.41, 5.74) is 0. The Balaban J connectivity index is 1.19. The van der Waals surface area contributed by atoms with Crippen LogP contribution in [0, 0.1) is 0 Å². The fourth-order valence-corrected chi connectivity index (χ4v) is 11.6. The number of hydrogen-bond acceptors (Lipinski definition) is 36. The normalized spacial score (nSPS) is 42.9. The topological polar surface area (TPSA) is 608 Å². The molecule has 22 N–H and O–H groups in total. The molecule has 6 rings (SSSR count). The van der Waals surface area contributed by atoms with Crippen molar-refractivity contribution in [2.24, 2.45) is 0 Å². The van der Waals surface area contributed by atoms with E-state index in [0.717, 1.165) is 6.92 Å². The summed E-state index contributed by atoms with van der Waals surface area (Å²) in [7, 11) is 0. The van der Waals surface area contributed by atoms with Gasteiger partial charge in [0.05, 0.1) is 51.8 Å². The minimum absolute atomic E-state index is 0.0147. The Kier molecular flexibility index (Phi) is 30.1. The lowest BCUT2D eigenvalue weighted by atomic mass is 9.88. The summed E-state index contributed by atoms with van der Waals surface area (Å²) in [4.78, 5) is 50.1. The van der Waals surface area contributed by atoms with E-state index >= 15 is 0 Å². The lowest BCUT2D eigenvalue weighted by Crippen LogP contribution is -2.71. The van der Waals surface area contributed by atoms with E-state index in [-0.39, 0.29) is 12.4 Å². The molecule has 6 aliphatic heterocycles. The molecule has 6 saturated heterocycles. The molecular formula is C52H88N2O36S. The number of carbonyl (C=O) groups is 4. The van der Waals surface area contributed by atoms with Crippen LogP contribution < -0.4 is 10.6 Å². The van der Waals surface area contributed by atoms with Crippen LogP contribution in [0.1, 0.15) is 51.9 Å². The van der Waals surface area contributed by atoms with Crippen molar-refractivity contribution >= 4 is 36.2 Å². The zero-order valence-electron chi connectivity index (χ0n) is 49.1. The Labute approximate surface area is 523 Å². The number of aliphatic carboxylic acids is 1. The van der Waals surface area contributed by atoms with Gasteiger partial charge < -0.3 is 170 Å². The van der Waals surface area contributed by atoms with Gasteiger partial charge in [0.2, 0.25) is 11.8 Å². The molecule has 0 aromatic heterocycles. The maximum atomic E-state index is 13.1. The predicted molar refractivity (Wildman–Crippen MR) is 291 cm³/mol. The fourth-order valence-electron chi connectivity index (χ4n) is 11.4. The third-order valence-electron chi connectivity index (χ3n) is 16.3. The van der Waals surface area contributed by atoms with Crippen molar-refractivity contribution in [1.82, 2.24) is 10.6 Å². The molecule has 31 atom stereocenters. The van der Waals surface area contributed by atoms with Gasteiger partial charge in [-0.3, -0.25) is 14.4 Å². The minimum Gasteiger partial charge on any atom is -0.477 e. The van der Waals surface area contributed by atoms with E-state index in [1.165, 1.54) is 0 Å². The Hall–Kier alpha value is -2.81. The molecule has 12 unspecified atom stereocenters. The number of aliphatic hydroxyl groups is 19. The third kappa shape index (κ3) is 18.5. The van der Waals surface area contributed by atoms with E-state index in [1.54, 1.807) is 0 Å². The number of thiol groups is 1. The van der Waals surface area contributed by atoms with Crippen molar-refractivity contribution < 1.29 is 178 Å². The second-order valence-corrected chi connectivity index (χ2v) is 23.2. The van der Waals surface area contributed by atoms with Gasteiger partial charge in [-0.05, 0) is 18.6 Å². The van der Waals surface area contributed by atoms with Gasteiger partial charge in [-0.1, -0.05) is 12.8 Å². The van der Waals surface area contributed by atoms with E-state index < -0.39 is 260 Å². The van der Waals surface area contributed by atoms with Crippen molar-refractivity contribution in [3.8, 4) is 0 Å². The molecule has 2 amide bonds. The van der Waals surface area contributed by atoms with Crippen LogP contribution in [0.5, 0.6) is 0 Å². The smallest absolute Gasteiger partial charge is 0.364 e. The first kappa shape index (κ1) is 77.2. The molecule has 38 nitrogen and oxygen atoms in total. The summed E-state index contributed by atoms with van der Waals surface area (Å²) in [5.74, 6) is -7.07. The summed E-state index contributed by atoms with van der Waals surface area (Å²) in [6.45, 7) is -6.73. The van der Waals surface area contributed by atoms with Crippen LogP contribution in [0.25, 0.3) is 0 Å². The van der Waals surface area contributed by atoms with Gasteiger partial charge in [-0.15, -0.1) is 0 Å². The molecule has 0 aromatic rings. The highest BCUT2D eigenvalue weighted by molar-refractivity contribution is 7.80. The first-order valence-corrected chi connectivity index (χ1v) is 30.0. The Bertz CT molecular complexity index is 2260. The highest BCUT2D eigenvalue weighted by Gasteiger charge is 2.62. The van der Waals surface area contributed by atoms with Crippen LogP contribution >= 0.6 is 12.6 Å².